The van der Waals surface area contributed by atoms with Gasteiger partial charge in [0.2, 0.25) is 0 Å². The highest BCUT2D eigenvalue weighted by Crippen LogP contribution is 2.37. The Kier molecular flexibility index (Phi) is 7.63. The van der Waals surface area contributed by atoms with Crippen LogP contribution in [0.5, 0.6) is 0 Å². The molecule has 0 N–H and O–H groups in total. The Morgan fingerprint density at radius 1 is 0.435 bits per heavy atom. The van der Waals surface area contributed by atoms with Crippen LogP contribution in [0.1, 0.15) is 33.3 Å². The fourth-order valence-electron chi connectivity index (χ4n) is 5.76. The van der Waals surface area contributed by atoms with Gasteiger partial charge in [0.15, 0.2) is 17.5 Å². The maximum Gasteiger partial charge on any atom is 0.494 e. The second-order valence-electron chi connectivity index (χ2n) is 12.9. The molecule has 0 atom stereocenters. The highest BCUT2D eigenvalue weighted by Gasteiger charge is 2.51. The summed E-state index contributed by atoms with van der Waals surface area (Å²) in [7, 11) is -0.491. The molecule has 226 valence electrons. The lowest BCUT2D eigenvalue weighted by Crippen LogP contribution is -2.41. The first kappa shape index (κ1) is 29.8. The first-order chi connectivity index (χ1) is 22.1. The maximum absolute atomic E-state index is 6.42. The average Bonchev–Trinajstić information content (AvgIpc) is 3.31. The van der Waals surface area contributed by atoms with Crippen molar-refractivity contribution < 1.29 is 9.31 Å². The molecular formula is C40H36BN3O2. The van der Waals surface area contributed by atoms with Crippen molar-refractivity contribution in [2.24, 2.45) is 0 Å². The van der Waals surface area contributed by atoms with Crippen molar-refractivity contribution in [3.05, 3.63) is 133 Å². The van der Waals surface area contributed by atoms with Crippen LogP contribution in [-0.4, -0.2) is 33.3 Å². The van der Waals surface area contributed by atoms with E-state index in [9.17, 15) is 0 Å². The molecule has 0 radical (unpaired) electrons. The highest BCUT2D eigenvalue weighted by atomic mass is 16.7. The van der Waals surface area contributed by atoms with E-state index in [4.69, 9.17) is 24.3 Å². The van der Waals surface area contributed by atoms with Crippen LogP contribution in [0.4, 0.5) is 0 Å². The van der Waals surface area contributed by atoms with Crippen molar-refractivity contribution in [3.63, 3.8) is 0 Å². The van der Waals surface area contributed by atoms with Gasteiger partial charge in [-0.25, -0.2) is 15.0 Å². The quantitative estimate of drug-likeness (QED) is 0.179. The van der Waals surface area contributed by atoms with Gasteiger partial charge in [0.25, 0.3) is 0 Å². The number of rotatable bonds is 6. The van der Waals surface area contributed by atoms with E-state index in [0.29, 0.717) is 17.5 Å². The molecule has 1 aromatic heterocycles. The fraction of sp³-hybridized carbons (Fsp3) is 0.175. The number of nitrogens with zero attached hydrogens (tertiary/aromatic N) is 3. The van der Waals surface area contributed by atoms with Crippen molar-refractivity contribution in [2.75, 3.05) is 0 Å². The van der Waals surface area contributed by atoms with E-state index >= 15 is 0 Å². The average molecular weight is 602 g/mol. The molecule has 6 heteroatoms. The van der Waals surface area contributed by atoms with E-state index in [0.717, 1.165) is 50.0 Å². The van der Waals surface area contributed by atoms with E-state index in [2.05, 4.69) is 150 Å². The minimum atomic E-state index is -0.491. The lowest BCUT2D eigenvalue weighted by atomic mass is 9.77. The normalized spacial score (nSPS) is 15.2. The summed E-state index contributed by atoms with van der Waals surface area (Å²) in [6.07, 6.45) is 0. The van der Waals surface area contributed by atoms with Crippen LogP contribution in [0, 0.1) is 6.92 Å². The summed E-state index contributed by atoms with van der Waals surface area (Å²) in [6.45, 7) is 10.4. The second-order valence-corrected chi connectivity index (χ2v) is 12.9. The molecule has 0 bridgehead atoms. The van der Waals surface area contributed by atoms with Crippen molar-refractivity contribution >= 4 is 12.6 Å². The number of benzene rings is 5. The zero-order valence-electron chi connectivity index (χ0n) is 26.9. The van der Waals surface area contributed by atoms with Crippen LogP contribution < -0.4 is 5.46 Å². The summed E-state index contributed by atoms with van der Waals surface area (Å²) in [5.41, 5.74) is 8.34. The van der Waals surface area contributed by atoms with Gasteiger partial charge < -0.3 is 9.31 Å². The molecule has 7 rings (SSSR count). The first-order valence-electron chi connectivity index (χ1n) is 15.7. The summed E-state index contributed by atoms with van der Waals surface area (Å²) in [6, 6.07) is 43.8. The van der Waals surface area contributed by atoms with Gasteiger partial charge in [0.05, 0.1) is 11.2 Å². The molecule has 0 aliphatic carbocycles. The van der Waals surface area contributed by atoms with Gasteiger partial charge in [0, 0.05) is 16.7 Å². The van der Waals surface area contributed by atoms with Gasteiger partial charge in [-0.15, -0.1) is 0 Å². The molecule has 1 aliphatic heterocycles. The topological polar surface area (TPSA) is 57.1 Å². The smallest absolute Gasteiger partial charge is 0.399 e. The molecule has 46 heavy (non-hydrogen) atoms. The Bertz CT molecular complexity index is 1910. The summed E-state index contributed by atoms with van der Waals surface area (Å²) >= 11 is 0. The molecule has 0 saturated carbocycles. The summed E-state index contributed by atoms with van der Waals surface area (Å²) < 4.78 is 12.8. The largest absolute Gasteiger partial charge is 0.494 e. The van der Waals surface area contributed by atoms with Gasteiger partial charge in [0.1, 0.15) is 0 Å². The Morgan fingerprint density at radius 2 is 0.848 bits per heavy atom. The van der Waals surface area contributed by atoms with Crippen LogP contribution in [-0.2, 0) is 9.31 Å². The second kappa shape index (κ2) is 11.8. The number of hydrogen-bond donors (Lipinski definition) is 0. The highest BCUT2D eigenvalue weighted by molar-refractivity contribution is 6.62. The monoisotopic (exact) mass is 601 g/mol. The number of aryl methyl sites for hydroxylation is 1. The molecule has 0 spiro atoms. The summed E-state index contributed by atoms with van der Waals surface area (Å²) in [5, 5.41) is 0. The van der Waals surface area contributed by atoms with E-state index < -0.39 is 18.3 Å². The minimum Gasteiger partial charge on any atom is -0.399 e. The molecule has 1 saturated heterocycles. The third kappa shape index (κ3) is 5.90. The van der Waals surface area contributed by atoms with Gasteiger partial charge in [-0.05, 0) is 80.5 Å². The lowest BCUT2D eigenvalue weighted by molar-refractivity contribution is 0.00578. The third-order valence-electron chi connectivity index (χ3n) is 8.97. The van der Waals surface area contributed by atoms with Crippen molar-refractivity contribution in [1.29, 1.82) is 0 Å². The molecule has 5 nitrogen and oxygen atoms in total. The fourth-order valence-corrected chi connectivity index (χ4v) is 5.76. The molecule has 6 aromatic rings. The van der Waals surface area contributed by atoms with E-state index in [1.165, 1.54) is 0 Å². The Morgan fingerprint density at radius 3 is 1.33 bits per heavy atom. The predicted molar refractivity (Wildman–Crippen MR) is 187 cm³/mol. The van der Waals surface area contributed by atoms with Crippen LogP contribution in [0.2, 0.25) is 0 Å². The zero-order valence-corrected chi connectivity index (χ0v) is 26.9. The zero-order chi connectivity index (χ0) is 31.9. The number of hydrogen-bond acceptors (Lipinski definition) is 5. The number of aromatic nitrogens is 3. The van der Waals surface area contributed by atoms with Crippen LogP contribution in [0.25, 0.3) is 56.4 Å². The van der Waals surface area contributed by atoms with E-state index in [-0.39, 0.29) is 0 Å². The van der Waals surface area contributed by atoms with Crippen LogP contribution >= 0.6 is 0 Å². The molecular weight excluding hydrogens is 565 g/mol. The van der Waals surface area contributed by atoms with Gasteiger partial charge >= 0.3 is 7.12 Å². The molecule has 2 heterocycles. The summed E-state index contributed by atoms with van der Waals surface area (Å²) in [4.78, 5) is 15.2. The molecule has 5 aromatic carbocycles. The van der Waals surface area contributed by atoms with E-state index in [1.54, 1.807) is 0 Å². The molecule has 1 fully saturated rings. The molecule has 1 aliphatic rings. The Labute approximate surface area is 271 Å². The Balaban J connectivity index is 1.37. The van der Waals surface area contributed by atoms with Crippen molar-refractivity contribution in [1.82, 2.24) is 15.0 Å². The van der Waals surface area contributed by atoms with Crippen LogP contribution in [0.3, 0.4) is 0 Å². The minimum absolute atomic E-state index is 0.442. The third-order valence-corrected chi connectivity index (χ3v) is 8.97. The van der Waals surface area contributed by atoms with Gasteiger partial charge in [-0.1, -0.05) is 115 Å². The maximum atomic E-state index is 6.42. The first-order valence-corrected chi connectivity index (χ1v) is 15.7. The SMILES string of the molecule is Cc1cc(B2OC(C)(C)C(C)(C)O2)cc(-c2nc(-c3cccc(-c4ccccc4)c3)nc(-c3cccc(-c4ccccc4)c3)n2)c1. The van der Waals surface area contributed by atoms with Crippen LogP contribution in [0.15, 0.2) is 127 Å². The lowest BCUT2D eigenvalue weighted by Gasteiger charge is -2.32. The van der Waals surface area contributed by atoms with Crippen molar-refractivity contribution in [2.45, 2.75) is 45.8 Å². The van der Waals surface area contributed by atoms with Gasteiger partial charge in [-0.2, -0.15) is 0 Å². The standard InChI is InChI=1S/C40H36BN3O2/c1-27-22-34(26-35(23-27)41-45-39(2,3)40(4,5)46-41)38-43-36(32-20-12-18-30(24-32)28-14-8-6-9-15-28)42-37(44-38)33-21-13-19-31(25-33)29-16-10-7-11-17-29/h6-26H,1-5H3. The van der Waals surface area contributed by atoms with E-state index in [1.807, 2.05) is 12.1 Å². The van der Waals surface area contributed by atoms with Crippen molar-refractivity contribution in [3.8, 4) is 56.4 Å². The molecule has 0 amide bonds. The Hall–Kier alpha value is -4.91. The summed E-state index contributed by atoms with van der Waals surface area (Å²) in [5.74, 6) is 1.82. The van der Waals surface area contributed by atoms with Gasteiger partial charge in [-0.3, -0.25) is 0 Å². The predicted octanol–water partition coefficient (Wildman–Crippen LogP) is 8.81. The molecule has 0 unspecified atom stereocenters.